The molecule has 0 fully saturated rings. The van der Waals surface area contributed by atoms with Crippen LogP contribution in [0.5, 0.6) is 0 Å². The number of carbonyl (C=O) groups is 1. The Hall–Kier alpha value is -1.60. The molecule has 0 atom stereocenters. The summed E-state index contributed by atoms with van der Waals surface area (Å²) >= 11 is 0. The maximum Gasteiger partial charge on any atom is 0.303 e. The van der Waals surface area contributed by atoms with E-state index < -0.39 is 10.2 Å². The molecule has 0 heterocycles. The molecular weight excluding hydrogens is 266 g/mol. The molecule has 1 rings (SSSR count). The number of carbonyl (C=O) groups excluding carboxylic acids is 1. The fourth-order valence-electron chi connectivity index (χ4n) is 1.45. The molecule has 1 amide bonds. The van der Waals surface area contributed by atoms with Gasteiger partial charge in [-0.2, -0.15) is 12.7 Å². The van der Waals surface area contributed by atoms with Crippen LogP contribution in [0.1, 0.15) is 10.4 Å². The lowest BCUT2D eigenvalue weighted by Gasteiger charge is -2.23. The molecule has 1 aromatic carbocycles. The summed E-state index contributed by atoms with van der Waals surface area (Å²) in [6.45, 7) is 0. The topological polar surface area (TPSA) is 60.9 Å². The quantitative estimate of drug-likeness (QED) is 0.815. The number of nitrogens with zero attached hydrogens (tertiary/aromatic N) is 3. The fourth-order valence-corrected chi connectivity index (χ4v) is 2.33. The minimum absolute atomic E-state index is 0.121. The second kappa shape index (κ2) is 5.58. The summed E-state index contributed by atoms with van der Waals surface area (Å²) in [5, 5.41) is 0. The summed E-state index contributed by atoms with van der Waals surface area (Å²) < 4.78 is 26.2. The summed E-state index contributed by atoms with van der Waals surface area (Å²) in [6.07, 6.45) is 0. The summed E-state index contributed by atoms with van der Waals surface area (Å²) in [4.78, 5) is 13.2. The van der Waals surface area contributed by atoms with Crippen molar-refractivity contribution in [3.8, 4) is 0 Å². The molecule has 0 unspecified atom stereocenters. The molecule has 0 aliphatic carbocycles. The van der Waals surface area contributed by atoms with Gasteiger partial charge in [-0.15, -0.1) is 0 Å². The lowest BCUT2D eigenvalue weighted by Crippen LogP contribution is -2.37. The summed E-state index contributed by atoms with van der Waals surface area (Å²) in [5.74, 6) is -0.121. The van der Waals surface area contributed by atoms with Crippen molar-refractivity contribution < 1.29 is 13.2 Å². The molecule has 1 aromatic rings. The molecule has 0 radical (unpaired) electrons. The normalized spacial score (nSPS) is 11.5. The first-order valence-electron chi connectivity index (χ1n) is 5.66. The Bertz CT molecular complexity index is 550. The summed E-state index contributed by atoms with van der Waals surface area (Å²) in [5.41, 5.74) is 1.02. The molecule has 7 heteroatoms. The highest BCUT2D eigenvalue weighted by Gasteiger charge is 2.21. The molecule has 0 aliphatic rings. The predicted octanol–water partition coefficient (Wildman–Crippen LogP) is 0.631. The standard InChI is InChI=1S/C12H19N3O3S/c1-13(2)12(16)10-6-8-11(9-7-10)15(5)19(17,18)14(3)4/h6-9H,1-5H3. The van der Waals surface area contributed by atoms with E-state index in [0.717, 1.165) is 8.61 Å². The monoisotopic (exact) mass is 285 g/mol. The minimum Gasteiger partial charge on any atom is -0.345 e. The molecule has 19 heavy (non-hydrogen) atoms. The van der Waals surface area contributed by atoms with E-state index in [2.05, 4.69) is 0 Å². The third-order valence-electron chi connectivity index (χ3n) is 2.69. The van der Waals surface area contributed by atoms with Crippen LogP contribution in [-0.2, 0) is 10.2 Å². The van der Waals surface area contributed by atoms with Gasteiger partial charge in [-0.05, 0) is 24.3 Å². The lowest BCUT2D eigenvalue weighted by molar-refractivity contribution is 0.0827. The molecule has 0 saturated carbocycles. The lowest BCUT2D eigenvalue weighted by atomic mass is 10.2. The fraction of sp³-hybridized carbons (Fsp3) is 0.417. The van der Waals surface area contributed by atoms with Gasteiger partial charge in [0, 0.05) is 40.8 Å². The van der Waals surface area contributed by atoms with Gasteiger partial charge in [-0.25, -0.2) is 0 Å². The number of rotatable bonds is 4. The van der Waals surface area contributed by atoms with Gasteiger partial charge < -0.3 is 4.90 Å². The summed E-state index contributed by atoms with van der Waals surface area (Å²) in [6, 6.07) is 6.44. The third-order valence-corrected chi connectivity index (χ3v) is 4.52. The van der Waals surface area contributed by atoms with Crippen LogP contribution in [0.2, 0.25) is 0 Å². The Labute approximate surface area is 114 Å². The van der Waals surface area contributed by atoms with Crippen LogP contribution in [0.15, 0.2) is 24.3 Å². The van der Waals surface area contributed by atoms with Crippen LogP contribution in [0.25, 0.3) is 0 Å². The Balaban J connectivity index is 3.04. The first kappa shape index (κ1) is 15.5. The number of benzene rings is 1. The third kappa shape index (κ3) is 3.24. The largest absolute Gasteiger partial charge is 0.345 e. The maximum atomic E-state index is 11.9. The Morgan fingerprint density at radius 2 is 1.42 bits per heavy atom. The van der Waals surface area contributed by atoms with E-state index >= 15 is 0 Å². The average molecular weight is 285 g/mol. The van der Waals surface area contributed by atoms with Crippen molar-refractivity contribution >= 4 is 21.8 Å². The number of amides is 1. The SMILES string of the molecule is CN(C)C(=O)c1ccc(N(C)S(=O)(=O)N(C)C)cc1. The van der Waals surface area contributed by atoms with Crippen LogP contribution >= 0.6 is 0 Å². The molecule has 0 spiro atoms. The van der Waals surface area contributed by atoms with Crippen molar-refractivity contribution in [2.45, 2.75) is 0 Å². The number of hydrogen-bond donors (Lipinski definition) is 0. The molecule has 0 saturated heterocycles. The molecule has 0 bridgehead atoms. The van der Waals surface area contributed by atoms with Crippen molar-refractivity contribution in [2.24, 2.45) is 0 Å². The van der Waals surface area contributed by atoms with Crippen LogP contribution < -0.4 is 4.31 Å². The van der Waals surface area contributed by atoms with Gasteiger partial charge in [0.05, 0.1) is 5.69 Å². The van der Waals surface area contributed by atoms with E-state index in [-0.39, 0.29) is 5.91 Å². The van der Waals surface area contributed by atoms with Crippen LogP contribution in [-0.4, -0.2) is 58.8 Å². The van der Waals surface area contributed by atoms with Gasteiger partial charge in [0.25, 0.3) is 5.91 Å². The van der Waals surface area contributed by atoms with Gasteiger partial charge in [0.1, 0.15) is 0 Å². The Morgan fingerprint density at radius 3 is 1.79 bits per heavy atom. The Kier molecular flexibility index (Phi) is 4.54. The summed E-state index contributed by atoms with van der Waals surface area (Å²) in [7, 11) is 4.23. The zero-order valence-corrected chi connectivity index (χ0v) is 12.6. The zero-order chi connectivity index (χ0) is 14.8. The van der Waals surface area contributed by atoms with Crippen molar-refractivity contribution in [1.29, 1.82) is 0 Å². The van der Waals surface area contributed by atoms with Crippen molar-refractivity contribution in [3.05, 3.63) is 29.8 Å². The van der Waals surface area contributed by atoms with Crippen molar-refractivity contribution in [1.82, 2.24) is 9.21 Å². The first-order valence-corrected chi connectivity index (χ1v) is 7.05. The second-order valence-corrected chi connectivity index (χ2v) is 6.68. The molecule has 0 aliphatic heterocycles. The van der Waals surface area contributed by atoms with E-state index in [9.17, 15) is 13.2 Å². The highest BCUT2D eigenvalue weighted by atomic mass is 32.2. The molecular formula is C12H19N3O3S. The molecule has 0 N–H and O–H groups in total. The van der Waals surface area contributed by atoms with E-state index in [1.54, 1.807) is 38.4 Å². The van der Waals surface area contributed by atoms with Gasteiger partial charge in [0.2, 0.25) is 0 Å². The zero-order valence-electron chi connectivity index (χ0n) is 11.8. The first-order chi connectivity index (χ1) is 8.67. The highest BCUT2D eigenvalue weighted by molar-refractivity contribution is 7.90. The van der Waals surface area contributed by atoms with Gasteiger partial charge in [0.15, 0.2) is 0 Å². The van der Waals surface area contributed by atoms with Crippen molar-refractivity contribution in [2.75, 3.05) is 39.5 Å². The average Bonchev–Trinajstić information content (AvgIpc) is 2.36. The maximum absolute atomic E-state index is 11.9. The van der Waals surface area contributed by atoms with Crippen molar-refractivity contribution in [3.63, 3.8) is 0 Å². The number of hydrogen-bond acceptors (Lipinski definition) is 3. The van der Waals surface area contributed by atoms with Crippen LogP contribution in [0, 0.1) is 0 Å². The van der Waals surface area contributed by atoms with E-state index in [0.29, 0.717) is 11.3 Å². The van der Waals surface area contributed by atoms with Gasteiger partial charge in [-0.1, -0.05) is 0 Å². The van der Waals surface area contributed by atoms with E-state index in [1.165, 1.54) is 26.0 Å². The van der Waals surface area contributed by atoms with E-state index in [4.69, 9.17) is 0 Å². The van der Waals surface area contributed by atoms with Crippen LogP contribution in [0.3, 0.4) is 0 Å². The molecule has 106 valence electrons. The van der Waals surface area contributed by atoms with E-state index in [1.807, 2.05) is 0 Å². The molecule has 6 nitrogen and oxygen atoms in total. The second-order valence-electron chi connectivity index (χ2n) is 4.50. The highest BCUT2D eigenvalue weighted by Crippen LogP contribution is 2.18. The van der Waals surface area contributed by atoms with Crippen LogP contribution in [0.4, 0.5) is 5.69 Å². The van der Waals surface area contributed by atoms with Gasteiger partial charge >= 0.3 is 10.2 Å². The predicted molar refractivity (Wildman–Crippen MR) is 75.5 cm³/mol. The smallest absolute Gasteiger partial charge is 0.303 e. The Morgan fingerprint density at radius 1 is 0.947 bits per heavy atom. The molecule has 0 aromatic heterocycles. The minimum atomic E-state index is -3.51. The van der Waals surface area contributed by atoms with Gasteiger partial charge in [-0.3, -0.25) is 9.10 Å². The number of anilines is 1.